The summed E-state index contributed by atoms with van der Waals surface area (Å²) < 4.78 is 5.78. The highest BCUT2D eigenvalue weighted by atomic mass is 16.5. The predicted octanol–water partition coefficient (Wildman–Crippen LogP) is -1.60. The van der Waals surface area contributed by atoms with Gasteiger partial charge in [0.15, 0.2) is 0 Å². The molecule has 0 amide bonds. The summed E-state index contributed by atoms with van der Waals surface area (Å²) in [4.78, 5) is 1.80. The molecular weight excluding hydrogens is 176 g/mol. The molecule has 0 aliphatic carbocycles. The van der Waals surface area contributed by atoms with E-state index >= 15 is 0 Å². The molecule has 0 aromatic heterocycles. The van der Waals surface area contributed by atoms with Gasteiger partial charge in [0.2, 0.25) is 0 Å². The van der Waals surface area contributed by atoms with Gasteiger partial charge in [0.05, 0.1) is 19.1 Å². The van der Waals surface area contributed by atoms with E-state index in [1.165, 1.54) is 39.0 Å². The zero-order chi connectivity index (χ0) is 9.97. The summed E-state index contributed by atoms with van der Waals surface area (Å²) in [6.07, 6.45) is 3.71. The number of quaternary nitrogens is 2. The molecule has 2 aliphatic heterocycles. The van der Waals surface area contributed by atoms with E-state index in [0.29, 0.717) is 12.2 Å². The zero-order valence-electron chi connectivity index (χ0n) is 9.46. The van der Waals surface area contributed by atoms with Crippen LogP contribution in [0.25, 0.3) is 0 Å². The average molecular weight is 200 g/mol. The molecule has 3 heteroatoms. The summed E-state index contributed by atoms with van der Waals surface area (Å²) in [6, 6.07) is 0.911. The highest BCUT2D eigenvalue weighted by Gasteiger charge is 2.32. The molecule has 3 nitrogen and oxygen atoms in total. The molecular formula is C11H24N2O+2. The second-order valence-corrected chi connectivity index (χ2v) is 4.96. The Morgan fingerprint density at radius 1 is 1.07 bits per heavy atom. The van der Waals surface area contributed by atoms with Gasteiger partial charge in [-0.05, 0) is 13.8 Å². The van der Waals surface area contributed by atoms with E-state index in [2.05, 4.69) is 19.2 Å². The van der Waals surface area contributed by atoms with Crippen molar-refractivity contribution in [2.24, 2.45) is 0 Å². The third-order valence-electron chi connectivity index (χ3n) is 3.58. The number of ether oxygens (including phenoxy) is 1. The Labute approximate surface area is 86.8 Å². The van der Waals surface area contributed by atoms with Crippen LogP contribution in [0.2, 0.25) is 0 Å². The van der Waals surface area contributed by atoms with Crippen LogP contribution in [0.15, 0.2) is 0 Å². The van der Waals surface area contributed by atoms with Gasteiger partial charge < -0.3 is 15.0 Å². The Morgan fingerprint density at radius 2 is 1.64 bits per heavy atom. The van der Waals surface area contributed by atoms with E-state index < -0.39 is 0 Å². The van der Waals surface area contributed by atoms with Gasteiger partial charge in [-0.25, -0.2) is 0 Å². The molecule has 0 bridgehead atoms. The zero-order valence-corrected chi connectivity index (χ0v) is 9.46. The van der Waals surface area contributed by atoms with Crippen LogP contribution in [-0.4, -0.2) is 44.4 Å². The number of nitrogens with one attached hydrogen (secondary N) is 1. The average Bonchev–Trinajstić information content (AvgIpc) is 2.18. The van der Waals surface area contributed by atoms with Crippen molar-refractivity contribution in [1.82, 2.24) is 0 Å². The van der Waals surface area contributed by atoms with E-state index in [1.54, 1.807) is 4.90 Å². The van der Waals surface area contributed by atoms with E-state index in [0.717, 1.165) is 6.04 Å². The molecule has 2 rings (SSSR count). The summed E-state index contributed by atoms with van der Waals surface area (Å²) in [5, 5.41) is 2.45. The van der Waals surface area contributed by atoms with Gasteiger partial charge in [0, 0.05) is 12.8 Å². The van der Waals surface area contributed by atoms with Crippen molar-refractivity contribution >= 4 is 0 Å². The second-order valence-electron chi connectivity index (χ2n) is 4.96. The van der Waals surface area contributed by atoms with E-state index in [4.69, 9.17) is 4.74 Å². The van der Waals surface area contributed by atoms with Crippen molar-refractivity contribution in [2.45, 2.75) is 44.9 Å². The van der Waals surface area contributed by atoms with Gasteiger partial charge in [0.25, 0.3) is 0 Å². The third-order valence-corrected chi connectivity index (χ3v) is 3.58. The minimum absolute atomic E-state index is 0.458. The summed E-state index contributed by atoms with van der Waals surface area (Å²) >= 11 is 0. The largest absolute Gasteiger partial charge is 0.364 e. The number of hydrogen-bond acceptors (Lipinski definition) is 1. The van der Waals surface area contributed by atoms with E-state index in [1.807, 2.05) is 0 Å². The lowest BCUT2D eigenvalue weighted by Gasteiger charge is -2.38. The molecule has 0 aromatic rings. The van der Waals surface area contributed by atoms with Crippen molar-refractivity contribution < 1.29 is 15.0 Å². The number of hydrogen-bond donors (Lipinski definition) is 2. The Bertz CT molecular complexity index is 170. The maximum absolute atomic E-state index is 5.78. The minimum Gasteiger partial charge on any atom is -0.364 e. The van der Waals surface area contributed by atoms with Gasteiger partial charge >= 0.3 is 0 Å². The molecule has 14 heavy (non-hydrogen) atoms. The molecule has 2 aliphatic rings. The maximum Gasteiger partial charge on any atom is 0.104 e. The van der Waals surface area contributed by atoms with Crippen molar-refractivity contribution in [3.63, 3.8) is 0 Å². The summed E-state index contributed by atoms with van der Waals surface area (Å²) in [6.45, 7) is 9.52. The molecule has 3 N–H and O–H groups in total. The van der Waals surface area contributed by atoms with Gasteiger partial charge in [0.1, 0.15) is 25.3 Å². The number of piperidine rings is 1. The van der Waals surface area contributed by atoms with Crippen LogP contribution in [-0.2, 0) is 4.74 Å². The van der Waals surface area contributed by atoms with Crippen LogP contribution in [0.5, 0.6) is 0 Å². The second kappa shape index (κ2) is 4.60. The molecule has 0 aromatic carbocycles. The Hall–Kier alpha value is -0.120. The molecule has 0 spiro atoms. The third kappa shape index (κ3) is 2.47. The first kappa shape index (κ1) is 10.4. The van der Waals surface area contributed by atoms with Crippen molar-refractivity contribution in [3.8, 4) is 0 Å². The summed E-state index contributed by atoms with van der Waals surface area (Å²) in [5.41, 5.74) is 0. The lowest BCUT2D eigenvalue weighted by Crippen LogP contribution is -3.20. The van der Waals surface area contributed by atoms with Crippen LogP contribution < -0.4 is 10.2 Å². The fourth-order valence-electron chi connectivity index (χ4n) is 2.98. The molecule has 1 unspecified atom stereocenters. The van der Waals surface area contributed by atoms with Crippen LogP contribution in [0.4, 0.5) is 0 Å². The van der Waals surface area contributed by atoms with Crippen LogP contribution in [0, 0.1) is 0 Å². The molecule has 2 saturated heterocycles. The Morgan fingerprint density at radius 3 is 2.21 bits per heavy atom. The highest BCUT2D eigenvalue weighted by molar-refractivity contribution is 4.65. The molecule has 0 radical (unpaired) electrons. The quantitative estimate of drug-likeness (QED) is 0.525. The van der Waals surface area contributed by atoms with Crippen LogP contribution >= 0.6 is 0 Å². The fourth-order valence-corrected chi connectivity index (χ4v) is 2.98. The number of morpholine rings is 1. The summed E-state index contributed by atoms with van der Waals surface area (Å²) in [7, 11) is 0. The number of nitrogens with two attached hydrogens (primary N) is 1. The van der Waals surface area contributed by atoms with Crippen molar-refractivity contribution in [3.05, 3.63) is 0 Å². The number of rotatable bonds is 1. The maximum atomic E-state index is 5.78. The molecule has 3 atom stereocenters. The summed E-state index contributed by atoms with van der Waals surface area (Å²) in [5.74, 6) is 0. The molecule has 2 heterocycles. The van der Waals surface area contributed by atoms with Gasteiger partial charge in [-0.1, -0.05) is 0 Å². The Kier molecular flexibility index (Phi) is 3.42. The predicted molar refractivity (Wildman–Crippen MR) is 55.4 cm³/mol. The molecule has 2 fully saturated rings. The van der Waals surface area contributed by atoms with Crippen LogP contribution in [0.3, 0.4) is 0 Å². The van der Waals surface area contributed by atoms with Crippen molar-refractivity contribution in [1.29, 1.82) is 0 Å². The SMILES string of the molecule is C[C@@H]1C[NH+](C2CC[NH2+]CC2)C[C@H](C)O1. The van der Waals surface area contributed by atoms with Crippen LogP contribution in [0.1, 0.15) is 26.7 Å². The van der Waals surface area contributed by atoms with Gasteiger partial charge in [-0.15, -0.1) is 0 Å². The monoisotopic (exact) mass is 200 g/mol. The Balaban J connectivity index is 1.88. The molecule has 0 saturated carbocycles. The smallest absolute Gasteiger partial charge is 0.104 e. The first-order valence-electron chi connectivity index (χ1n) is 6.07. The van der Waals surface area contributed by atoms with Gasteiger partial charge in [-0.3, -0.25) is 0 Å². The lowest BCUT2D eigenvalue weighted by atomic mass is 10.0. The highest BCUT2D eigenvalue weighted by Crippen LogP contribution is 2.02. The van der Waals surface area contributed by atoms with Crippen molar-refractivity contribution in [2.75, 3.05) is 26.2 Å². The fraction of sp³-hybridized carbons (Fsp3) is 1.00. The topological polar surface area (TPSA) is 30.3 Å². The standard InChI is InChI=1S/C11H22N2O/c1-9-7-13(8-10(2)14-9)11-3-5-12-6-4-11/h9-12H,3-8H2,1-2H3/p+2/t9-,10+. The van der Waals surface area contributed by atoms with E-state index in [-0.39, 0.29) is 0 Å². The van der Waals surface area contributed by atoms with E-state index in [9.17, 15) is 0 Å². The first-order valence-corrected chi connectivity index (χ1v) is 6.07. The minimum atomic E-state index is 0.458. The normalized spacial score (nSPS) is 41.1. The molecule has 82 valence electrons. The first-order chi connectivity index (χ1) is 6.75. The van der Waals surface area contributed by atoms with Gasteiger partial charge in [-0.2, -0.15) is 0 Å². The lowest BCUT2D eigenvalue weighted by molar-refractivity contribution is -0.945.